The molecule has 2 unspecified atom stereocenters. The molecular weight excluding hydrogens is 244 g/mol. The third-order valence-corrected chi connectivity index (χ3v) is 4.27. The zero-order valence-electron chi connectivity index (χ0n) is 11.5. The van der Waals surface area contributed by atoms with Gasteiger partial charge in [-0.25, -0.2) is 4.79 Å². The zero-order chi connectivity index (χ0) is 13.2. The highest BCUT2D eigenvalue weighted by Gasteiger charge is 2.41. The molecule has 5 heteroatoms. The fourth-order valence-electron chi connectivity index (χ4n) is 3.38. The van der Waals surface area contributed by atoms with Crippen LogP contribution in [0.25, 0.3) is 0 Å². The summed E-state index contributed by atoms with van der Waals surface area (Å²) in [5.41, 5.74) is 1.45. The van der Waals surface area contributed by atoms with E-state index >= 15 is 0 Å². The fraction of sp³-hybridized carbons (Fsp3) is 0.786. The van der Waals surface area contributed by atoms with Crippen molar-refractivity contribution in [3.8, 4) is 0 Å². The van der Waals surface area contributed by atoms with Crippen LogP contribution in [0.4, 0.5) is 4.79 Å². The summed E-state index contributed by atoms with van der Waals surface area (Å²) in [6, 6.07) is 0.564. The van der Waals surface area contributed by atoms with Crippen LogP contribution in [-0.2, 0) is 9.57 Å². The van der Waals surface area contributed by atoms with E-state index in [1.165, 1.54) is 31.6 Å². The van der Waals surface area contributed by atoms with Gasteiger partial charge in [-0.05, 0) is 38.7 Å². The Balaban J connectivity index is 1.65. The van der Waals surface area contributed by atoms with Crippen LogP contribution >= 0.6 is 0 Å². The Kier molecular flexibility index (Phi) is 3.64. The van der Waals surface area contributed by atoms with Crippen molar-refractivity contribution in [1.29, 1.82) is 0 Å². The van der Waals surface area contributed by atoms with Crippen LogP contribution in [0.1, 0.15) is 39.0 Å². The predicted molar refractivity (Wildman–Crippen MR) is 70.3 cm³/mol. The van der Waals surface area contributed by atoms with Crippen LogP contribution in [0, 0.1) is 0 Å². The van der Waals surface area contributed by atoms with Crippen molar-refractivity contribution < 1.29 is 14.4 Å². The molecule has 3 rings (SSSR count). The number of ether oxygens (including phenoxy) is 1. The molecule has 3 aliphatic rings. The molecule has 0 aliphatic carbocycles. The maximum absolute atomic E-state index is 11.5. The summed E-state index contributed by atoms with van der Waals surface area (Å²) in [5, 5.41) is 1.84. The summed E-state index contributed by atoms with van der Waals surface area (Å²) in [4.78, 5) is 19.3. The zero-order valence-corrected chi connectivity index (χ0v) is 11.5. The van der Waals surface area contributed by atoms with E-state index < -0.39 is 6.16 Å². The third-order valence-electron chi connectivity index (χ3n) is 4.27. The van der Waals surface area contributed by atoms with Gasteiger partial charge in [0.1, 0.15) is 0 Å². The van der Waals surface area contributed by atoms with Gasteiger partial charge in [0, 0.05) is 25.2 Å². The van der Waals surface area contributed by atoms with Gasteiger partial charge in [-0.3, -0.25) is 0 Å². The van der Waals surface area contributed by atoms with Gasteiger partial charge in [0.05, 0.1) is 18.7 Å². The molecule has 0 N–H and O–H groups in total. The van der Waals surface area contributed by atoms with Crippen LogP contribution in [0.15, 0.2) is 11.8 Å². The average molecular weight is 266 g/mol. The van der Waals surface area contributed by atoms with Crippen LogP contribution < -0.4 is 0 Å². The lowest BCUT2D eigenvalue weighted by molar-refractivity contribution is -0.155. The van der Waals surface area contributed by atoms with Crippen molar-refractivity contribution in [3.63, 3.8) is 0 Å². The van der Waals surface area contributed by atoms with E-state index in [0.29, 0.717) is 12.6 Å². The Hall–Kier alpha value is -1.23. The largest absolute Gasteiger partial charge is 0.527 e. The van der Waals surface area contributed by atoms with Gasteiger partial charge >= 0.3 is 6.16 Å². The molecule has 0 radical (unpaired) electrons. The number of hydrogen-bond donors (Lipinski definition) is 0. The van der Waals surface area contributed by atoms with E-state index in [4.69, 9.17) is 9.57 Å². The molecule has 0 spiro atoms. The van der Waals surface area contributed by atoms with E-state index in [-0.39, 0.29) is 6.04 Å². The Labute approximate surface area is 114 Å². The number of likely N-dealkylation sites (tertiary alicyclic amines) is 1. The highest BCUT2D eigenvalue weighted by molar-refractivity contribution is 5.59. The topological polar surface area (TPSA) is 42.0 Å². The molecule has 0 aromatic rings. The van der Waals surface area contributed by atoms with Crippen LogP contribution in [0.3, 0.4) is 0 Å². The van der Waals surface area contributed by atoms with Crippen LogP contribution in [-0.4, -0.2) is 47.9 Å². The monoisotopic (exact) mass is 266 g/mol. The molecule has 2 saturated heterocycles. The number of carbonyl (C=O) groups excluding carboxylic acids is 1. The first-order chi connectivity index (χ1) is 9.28. The molecular formula is C14H22N2O3. The van der Waals surface area contributed by atoms with E-state index in [9.17, 15) is 4.79 Å². The number of rotatable bonds is 3. The van der Waals surface area contributed by atoms with Gasteiger partial charge in [-0.1, -0.05) is 0 Å². The van der Waals surface area contributed by atoms with E-state index in [1.54, 1.807) is 6.92 Å². The normalized spacial score (nSPS) is 30.4. The van der Waals surface area contributed by atoms with E-state index in [1.807, 2.05) is 5.06 Å². The van der Waals surface area contributed by atoms with Gasteiger partial charge in [0.2, 0.25) is 0 Å². The first-order valence-corrected chi connectivity index (χ1v) is 7.36. The van der Waals surface area contributed by atoms with Crippen molar-refractivity contribution in [1.82, 2.24) is 9.96 Å². The fourth-order valence-corrected chi connectivity index (χ4v) is 3.38. The molecule has 5 nitrogen and oxygen atoms in total. The lowest BCUT2D eigenvalue weighted by Crippen LogP contribution is -2.42. The maximum atomic E-state index is 11.5. The van der Waals surface area contributed by atoms with Gasteiger partial charge in [-0.15, -0.1) is 5.06 Å². The number of hydroxylamine groups is 2. The third kappa shape index (κ3) is 2.56. The minimum absolute atomic E-state index is 0.235. The predicted octanol–water partition coefficient (Wildman–Crippen LogP) is 2.29. The Morgan fingerprint density at radius 2 is 2.16 bits per heavy atom. The number of nitrogens with zero attached hydrogens (tertiary/aromatic N) is 2. The standard InChI is InChI=1S/C14H22N2O3/c1-2-18-14(17)19-16-11-5-6-12(16)10-13(9-11)15-7-3-4-8-15/h9,11-12H,2-8,10H2,1H3. The summed E-state index contributed by atoms with van der Waals surface area (Å²) in [5.74, 6) is 0. The van der Waals surface area contributed by atoms with Gasteiger partial charge in [-0.2, -0.15) is 0 Å². The lowest BCUT2D eigenvalue weighted by Gasteiger charge is -2.34. The van der Waals surface area contributed by atoms with Crippen molar-refractivity contribution in [2.24, 2.45) is 0 Å². The van der Waals surface area contributed by atoms with Crippen LogP contribution in [0.2, 0.25) is 0 Å². The summed E-state index contributed by atoms with van der Waals surface area (Å²) in [6.45, 7) is 4.52. The summed E-state index contributed by atoms with van der Waals surface area (Å²) >= 11 is 0. The summed E-state index contributed by atoms with van der Waals surface area (Å²) in [6.07, 6.45) is 7.48. The molecule has 0 amide bonds. The summed E-state index contributed by atoms with van der Waals surface area (Å²) in [7, 11) is 0. The van der Waals surface area contributed by atoms with Crippen molar-refractivity contribution in [2.45, 2.75) is 51.1 Å². The molecule has 106 valence electrons. The first kappa shape index (κ1) is 12.8. The minimum atomic E-state index is -0.572. The molecule has 2 bridgehead atoms. The molecule has 3 heterocycles. The molecule has 2 fully saturated rings. The molecule has 0 aromatic heterocycles. The number of carbonyl (C=O) groups is 1. The van der Waals surface area contributed by atoms with E-state index in [0.717, 1.165) is 19.3 Å². The lowest BCUT2D eigenvalue weighted by atomic mass is 10.1. The van der Waals surface area contributed by atoms with Gasteiger partial charge in [0.25, 0.3) is 0 Å². The second-order valence-electron chi connectivity index (χ2n) is 5.49. The Bertz CT molecular complexity index is 377. The highest BCUT2D eigenvalue weighted by atomic mass is 16.8. The van der Waals surface area contributed by atoms with E-state index in [2.05, 4.69) is 11.0 Å². The van der Waals surface area contributed by atoms with Crippen molar-refractivity contribution in [2.75, 3.05) is 19.7 Å². The van der Waals surface area contributed by atoms with Crippen molar-refractivity contribution in [3.05, 3.63) is 11.8 Å². The first-order valence-electron chi connectivity index (χ1n) is 7.36. The van der Waals surface area contributed by atoms with Gasteiger partial charge < -0.3 is 14.5 Å². The number of hydrogen-bond acceptors (Lipinski definition) is 5. The molecule has 2 atom stereocenters. The SMILES string of the molecule is CCOC(=O)ON1C2C=C(N3CCCC3)CC1CC2. The van der Waals surface area contributed by atoms with Gasteiger partial charge in [0.15, 0.2) is 0 Å². The molecule has 19 heavy (non-hydrogen) atoms. The Morgan fingerprint density at radius 3 is 2.84 bits per heavy atom. The number of fused-ring (bicyclic) bond motifs is 2. The molecule has 3 aliphatic heterocycles. The minimum Gasteiger partial charge on any atom is -0.433 e. The highest BCUT2D eigenvalue weighted by Crippen LogP contribution is 2.37. The smallest absolute Gasteiger partial charge is 0.433 e. The second-order valence-corrected chi connectivity index (χ2v) is 5.49. The van der Waals surface area contributed by atoms with Crippen LogP contribution in [0.5, 0.6) is 0 Å². The summed E-state index contributed by atoms with van der Waals surface area (Å²) < 4.78 is 4.86. The molecule has 0 saturated carbocycles. The van der Waals surface area contributed by atoms with Crippen molar-refractivity contribution >= 4 is 6.16 Å². The molecule has 0 aromatic carbocycles. The maximum Gasteiger partial charge on any atom is 0.527 e. The average Bonchev–Trinajstić information content (AvgIpc) is 2.98. The second kappa shape index (κ2) is 5.41. The quantitative estimate of drug-likeness (QED) is 0.733. The Morgan fingerprint density at radius 1 is 1.37 bits per heavy atom.